The maximum absolute atomic E-state index is 12.5. The van der Waals surface area contributed by atoms with Crippen molar-refractivity contribution in [2.75, 3.05) is 26.3 Å². The lowest BCUT2D eigenvalue weighted by atomic mass is 10.1. The zero-order valence-corrected chi connectivity index (χ0v) is 11.8. The first-order valence-electron chi connectivity index (χ1n) is 6.65. The van der Waals surface area contributed by atoms with Gasteiger partial charge in [0.05, 0.1) is 11.0 Å². The van der Waals surface area contributed by atoms with Gasteiger partial charge in [0, 0.05) is 19.2 Å². The molecule has 0 radical (unpaired) electrons. The summed E-state index contributed by atoms with van der Waals surface area (Å²) in [7, 11) is -3.53. The highest BCUT2D eigenvalue weighted by Gasteiger charge is 2.29. The van der Waals surface area contributed by atoms with Gasteiger partial charge in [-0.2, -0.15) is 4.31 Å². The van der Waals surface area contributed by atoms with Crippen molar-refractivity contribution in [1.29, 1.82) is 0 Å². The number of nitrogens with zero attached hydrogens (tertiary/aromatic N) is 1. The van der Waals surface area contributed by atoms with Gasteiger partial charge in [0.1, 0.15) is 13.2 Å². The zero-order valence-electron chi connectivity index (χ0n) is 11.0. The Balaban J connectivity index is 1.87. The summed E-state index contributed by atoms with van der Waals surface area (Å²) in [6.07, 6.45) is 0.551. The molecule has 1 fully saturated rings. The predicted octanol–water partition coefficient (Wildman–Crippen LogP) is 0.603. The van der Waals surface area contributed by atoms with E-state index in [1.54, 1.807) is 6.07 Å². The van der Waals surface area contributed by atoms with Crippen LogP contribution in [-0.4, -0.2) is 50.2 Å². The molecule has 0 spiro atoms. The van der Waals surface area contributed by atoms with Crippen LogP contribution in [0.4, 0.5) is 0 Å². The fraction of sp³-hybridized carbons (Fsp3) is 0.538. The average molecular weight is 299 g/mol. The summed E-state index contributed by atoms with van der Waals surface area (Å²) in [5.74, 6) is 1.04. The summed E-state index contributed by atoms with van der Waals surface area (Å²) in [5, 5.41) is 9.46. The van der Waals surface area contributed by atoms with Gasteiger partial charge in [-0.05, 0) is 25.0 Å². The molecule has 0 aromatic heterocycles. The minimum absolute atomic E-state index is 0.207. The molecule has 2 aliphatic rings. The van der Waals surface area contributed by atoms with Crippen molar-refractivity contribution < 1.29 is 23.0 Å². The van der Waals surface area contributed by atoms with Gasteiger partial charge in [0.15, 0.2) is 11.5 Å². The van der Waals surface area contributed by atoms with E-state index in [1.165, 1.54) is 16.4 Å². The molecule has 1 aromatic rings. The molecule has 1 saturated heterocycles. The van der Waals surface area contributed by atoms with E-state index >= 15 is 0 Å². The second-order valence-electron chi connectivity index (χ2n) is 4.94. The Hall–Kier alpha value is -1.31. The maximum atomic E-state index is 12.5. The molecular formula is C13H17NO5S. The first kappa shape index (κ1) is 13.7. The summed E-state index contributed by atoms with van der Waals surface area (Å²) in [6.45, 7) is 1.59. The molecule has 0 unspecified atom stereocenters. The molecule has 3 rings (SSSR count). The minimum Gasteiger partial charge on any atom is -0.486 e. The second kappa shape index (κ2) is 5.23. The predicted molar refractivity (Wildman–Crippen MR) is 71.4 cm³/mol. The van der Waals surface area contributed by atoms with Crippen LogP contribution >= 0.6 is 0 Å². The lowest BCUT2D eigenvalue weighted by molar-refractivity contribution is 0.113. The third-order valence-corrected chi connectivity index (χ3v) is 5.47. The smallest absolute Gasteiger partial charge is 0.243 e. The number of hydrogen-bond donors (Lipinski definition) is 1. The summed E-state index contributed by atoms with van der Waals surface area (Å²) in [6, 6.07) is 4.67. The van der Waals surface area contributed by atoms with Gasteiger partial charge in [0.25, 0.3) is 0 Å². The molecule has 2 aliphatic heterocycles. The van der Waals surface area contributed by atoms with Crippen molar-refractivity contribution in [2.24, 2.45) is 0 Å². The number of benzene rings is 1. The zero-order chi connectivity index (χ0) is 14.2. The van der Waals surface area contributed by atoms with E-state index in [4.69, 9.17) is 9.47 Å². The average Bonchev–Trinajstić information content (AvgIpc) is 2.47. The first-order valence-corrected chi connectivity index (χ1v) is 8.09. The van der Waals surface area contributed by atoms with Crippen molar-refractivity contribution in [3.63, 3.8) is 0 Å². The second-order valence-corrected chi connectivity index (χ2v) is 6.88. The van der Waals surface area contributed by atoms with Crippen molar-refractivity contribution in [3.8, 4) is 11.5 Å². The van der Waals surface area contributed by atoms with E-state index < -0.39 is 16.1 Å². The Kier molecular flexibility index (Phi) is 3.57. The molecule has 2 heterocycles. The molecule has 1 N–H and O–H groups in total. The molecular weight excluding hydrogens is 282 g/mol. The van der Waals surface area contributed by atoms with Crippen LogP contribution in [0.25, 0.3) is 0 Å². The van der Waals surface area contributed by atoms with E-state index in [1.807, 2.05) is 0 Å². The van der Waals surface area contributed by atoms with Crippen molar-refractivity contribution in [2.45, 2.75) is 23.8 Å². The SMILES string of the molecule is O=S(=O)(c1ccc2c(c1)OCCO2)N1CCC(O)CC1. The lowest BCUT2D eigenvalue weighted by Crippen LogP contribution is -2.40. The fourth-order valence-corrected chi connectivity index (χ4v) is 3.90. The number of sulfonamides is 1. The Morgan fingerprint density at radius 1 is 1.10 bits per heavy atom. The van der Waals surface area contributed by atoms with Gasteiger partial charge in [0.2, 0.25) is 10.0 Å². The van der Waals surface area contributed by atoms with Crippen LogP contribution in [0.1, 0.15) is 12.8 Å². The van der Waals surface area contributed by atoms with Crippen molar-refractivity contribution in [1.82, 2.24) is 4.31 Å². The molecule has 0 saturated carbocycles. The minimum atomic E-state index is -3.53. The van der Waals surface area contributed by atoms with E-state index in [-0.39, 0.29) is 4.90 Å². The largest absolute Gasteiger partial charge is 0.486 e. The first-order chi connectivity index (χ1) is 9.57. The number of ether oxygens (including phenoxy) is 2. The number of rotatable bonds is 2. The van der Waals surface area contributed by atoms with Gasteiger partial charge in [-0.3, -0.25) is 0 Å². The highest BCUT2D eigenvalue weighted by atomic mass is 32.2. The van der Waals surface area contributed by atoms with Gasteiger partial charge >= 0.3 is 0 Å². The molecule has 6 nitrogen and oxygen atoms in total. The quantitative estimate of drug-likeness (QED) is 0.865. The third-order valence-electron chi connectivity index (χ3n) is 3.57. The third kappa shape index (κ3) is 2.48. The Bertz CT molecular complexity index is 593. The summed E-state index contributed by atoms with van der Waals surface area (Å²) >= 11 is 0. The Labute approximate surface area is 118 Å². The summed E-state index contributed by atoms with van der Waals surface area (Å²) < 4.78 is 37.3. The molecule has 110 valence electrons. The van der Waals surface area contributed by atoms with Crippen LogP contribution in [0, 0.1) is 0 Å². The monoisotopic (exact) mass is 299 g/mol. The van der Waals surface area contributed by atoms with Gasteiger partial charge in [-0.25, -0.2) is 8.42 Å². The normalized spacial score (nSPS) is 20.9. The van der Waals surface area contributed by atoms with Crippen LogP contribution in [0.3, 0.4) is 0 Å². The lowest BCUT2D eigenvalue weighted by Gasteiger charge is -2.29. The maximum Gasteiger partial charge on any atom is 0.243 e. The summed E-state index contributed by atoms with van der Waals surface area (Å²) in [5.41, 5.74) is 0. The van der Waals surface area contributed by atoms with Gasteiger partial charge in [-0.15, -0.1) is 0 Å². The molecule has 0 aliphatic carbocycles. The molecule has 7 heteroatoms. The Morgan fingerprint density at radius 2 is 1.75 bits per heavy atom. The van der Waals surface area contributed by atoms with Crippen LogP contribution in [-0.2, 0) is 10.0 Å². The summed E-state index contributed by atoms with van der Waals surface area (Å²) in [4.78, 5) is 0.207. The topological polar surface area (TPSA) is 76.1 Å². The molecule has 0 amide bonds. The van der Waals surface area contributed by atoms with E-state index in [2.05, 4.69) is 0 Å². The molecule has 0 bridgehead atoms. The molecule has 1 aromatic carbocycles. The van der Waals surface area contributed by atoms with Crippen LogP contribution < -0.4 is 9.47 Å². The highest BCUT2D eigenvalue weighted by Crippen LogP contribution is 2.33. The Morgan fingerprint density at radius 3 is 2.45 bits per heavy atom. The number of fused-ring (bicyclic) bond motifs is 1. The number of hydrogen-bond acceptors (Lipinski definition) is 5. The van der Waals surface area contributed by atoms with Crippen molar-refractivity contribution >= 4 is 10.0 Å². The van der Waals surface area contributed by atoms with Crippen LogP contribution in [0.2, 0.25) is 0 Å². The van der Waals surface area contributed by atoms with Gasteiger partial charge < -0.3 is 14.6 Å². The molecule has 0 atom stereocenters. The number of aliphatic hydroxyl groups excluding tert-OH is 1. The van der Waals surface area contributed by atoms with Crippen molar-refractivity contribution in [3.05, 3.63) is 18.2 Å². The van der Waals surface area contributed by atoms with Gasteiger partial charge in [-0.1, -0.05) is 0 Å². The standard InChI is InChI=1S/C13H17NO5S/c15-10-3-5-14(6-4-10)20(16,17)11-1-2-12-13(9-11)19-8-7-18-12/h1-2,9-10,15H,3-8H2. The van der Waals surface area contributed by atoms with E-state index in [0.29, 0.717) is 50.6 Å². The van der Waals surface area contributed by atoms with Crippen LogP contribution in [0.15, 0.2) is 23.1 Å². The van der Waals surface area contributed by atoms with E-state index in [9.17, 15) is 13.5 Å². The number of aliphatic hydroxyl groups is 1. The number of piperidine rings is 1. The van der Waals surface area contributed by atoms with Crippen LogP contribution in [0.5, 0.6) is 11.5 Å². The fourth-order valence-electron chi connectivity index (χ4n) is 2.42. The van der Waals surface area contributed by atoms with E-state index in [0.717, 1.165) is 0 Å². The highest BCUT2D eigenvalue weighted by molar-refractivity contribution is 7.89. The molecule has 20 heavy (non-hydrogen) atoms.